The molecule has 0 spiro atoms. The average molecular weight is 900 g/mol. The van der Waals surface area contributed by atoms with Crippen LogP contribution in [0, 0.1) is 5.41 Å². The topological polar surface area (TPSA) is 214 Å². The number of hydrogen-bond donors (Lipinski definition) is 4. The number of fused-ring (bicyclic) bond motifs is 1. The summed E-state index contributed by atoms with van der Waals surface area (Å²) >= 11 is 0. The maximum absolute atomic E-state index is 13.8. The van der Waals surface area contributed by atoms with Crippen LogP contribution in [-0.4, -0.2) is 114 Å². The molecule has 3 amide bonds. The molecule has 1 unspecified atom stereocenters. The molecular weight excluding hydrogens is 827 g/mol. The minimum Gasteiger partial charge on any atom is -0.460 e. The van der Waals surface area contributed by atoms with Crippen molar-refractivity contribution < 1.29 is 62.3 Å². The SMILES string of the molecule is CC(C)(C)OC(=O)CC[C@H](NC(=O)N[C@@H](CCCCCC(=O)C(Cc1ccc2ccccc2c1)NC(=O)COCC1(CO)COC(C)(C)OC1)C(=O)OC(C)(C)C)C(=O)OC(C)(C)C. The van der Waals surface area contributed by atoms with Gasteiger partial charge in [-0.1, -0.05) is 55.3 Å². The summed E-state index contributed by atoms with van der Waals surface area (Å²) in [6, 6.07) is 9.71. The molecule has 0 saturated carbocycles. The number of ketones is 1. The van der Waals surface area contributed by atoms with Gasteiger partial charge in [-0.15, -0.1) is 0 Å². The third-order valence-corrected chi connectivity index (χ3v) is 9.87. The average Bonchev–Trinajstić information content (AvgIpc) is 3.17. The van der Waals surface area contributed by atoms with Gasteiger partial charge in [0.05, 0.1) is 37.9 Å². The summed E-state index contributed by atoms with van der Waals surface area (Å²) in [6.45, 7) is 18.7. The molecule has 0 radical (unpaired) electrons. The Hall–Kier alpha value is -4.64. The number of aliphatic hydroxyl groups excluding tert-OH is 1. The smallest absolute Gasteiger partial charge is 0.329 e. The minimum atomic E-state index is -1.22. The summed E-state index contributed by atoms with van der Waals surface area (Å²) in [5, 5.41) is 20.2. The van der Waals surface area contributed by atoms with Crippen LogP contribution in [0.1, 0.15) is 127 Å². The van der Waals surface area contributed by atoms with Gasteiger partial charge in [-0.25, -0.2) is 14.4 Å². The molecule has 3 rings (SSSR count). The van der Waals surface area contributed by atoms with Crippen molar-refractivity contribution in [3.8, 4) is 0 Å². The molecule has 1 fully saturated rings. The number of unbranched alkanes of at least 4 members (excludes halogenated alkanes) is 2. The second kappa shape index (κ2) is 23.5. The Bertz CT molecular complexity index is 1880. The number of hydrogen-bond acceptors (Lipinski definition) is 13. The normalized spacial score (nSPS) is 16.4. The molecule has 1 saturated heterocycles. The number of carbonyl (C=O) groups is 6. The molecule has 358 valence electrons. The Morgan fingerprint density at radius 2 is 1.25 bits per heavy atom. The van der Waals surface area contributed by atoms with Gasteiger partial charge in [-0.05, 0) is 118 Å². The zero-order valence-electron chi connectivity index (χ0n) is 39.8. The van der Waals surface area contributed by atoms with Crippen LogP contribution in [0.5, 0.6) is 0 Å². The third kappa shape index (κ3) is 20.0. The zero-order valence-corrected chi connectivity index (χ0v) is 39.8. The van der Waals surface area contributed by atoms with Crippen molar-refractivity contribution in [3.05, 3.63) is 48.0 Å². The molecule has 16 heteroatoms. The molecule has 16 nitrogen and oxygen atoms in total. The second-order valence-electron chi connectivity index (χ2n) is 20.1. The van der Waals surface area contributed by atoms with E-state index in [1.807, 2.05) is 42.5 Å². The number of carbonyl (C=O) groups excluding carboxylic acids is 6. The van der Waals surface area contributed by atoms with Crippen molar-refractivity contribution in [2.45, 2.75) is 168 Å². The molecular formula is C48H73N3O13. The van der Waals surface area contributed by atoms with Gasteiger partial charge in [0.15, 0.2) is 11.6 Å². The van der Waals surface area contributed by atoms with Gasteiger partial charge in [0.25, 0.3) is 0 Å². The van der Waals surface area contributed by atoms with Gasteiger partial charge < -0.3 is 49.5 Å². The van der Waals surface area contributed by atoms with Crippen molar-refractivity contribution in [3.63, 3.8) is 0 Å². The number of aliphatic hydroxyl groups is 1. The van der Waals surface area contributed by atoms with Gasteiger partial charge in [0, 0.05) is 12.8 Å². The monoisotopic (exact) mass is 900 g/mol. The van der Waals surface area contributed by atoms with E-state index in [1.165, 1.54) is 0 Å². The largest absolute Gasteiger partial charge is 0.460 e. The fourth-order valence-electron chi connectivity index (χ4n) is 6.66. The van der Waals surface area contributed by atoms with Crippen molar-refractivity contribution >= 4 is 46.4 Å². The van der Waals surface area contributed by atoms with Crippen molar-refractivity contribution in [1.82, 2.24) is 16.0 Å². The Morgan fingerprint density at radius 3 is 1.81 bits per heavy atom. The second-order valence-corrected chi connectivity index (χ2v) is 20.1. The number of Topliss-reactive ketones (excluding diaryl/α,β-unsaturated/α-hetero) is 1. The Labute approximate surface area is 378 Å². The van der Waals surface area contributed by atoms with Crippen LogP contribution in [0.25, 0.3) is 10.8 Å². The summed E-state index contributed by atoms with van der Waals surface area (Å²) in [5.74, 6) is -3.46. The van der Waals surface area contributed by atoms with Gasteiger partial charge in [-0.2, -0.15) is 0 Å². The zero-order chi connectivity index (χ0) is 47.9. The van der Waals surface area contributed by atoms with Crippen molar-refractivity contribution in [2.75, 3.05) is 33.0 Å². The fraction of sp³-hybridized carbons (Fsp3) is 0.667. The lowest BCUT2D eigenvalue weighted by molar-refractivity contribution is -0.296. The van der Waals surface area contributed by atoms with Crippen molar-refractivity contribution in [2.24, 2.45) is 5.41 Å². The lowest BCUT2D eigenvalue weighted by Crippen LogP contribution is -2.53. The van der Waals surface area contributed by atoms with E-state index in [4.69, 9.17) is 28.4 Å². The highest BCUT2D eigenvalue weighted by Crippen LogP contribution is 2.30. The number of ether oxygens (including phenoxy) is 6. The molecule has 4 N–H and O–H groups in total. The van der Waals surface area contributed by atoms with Crippen LogP contribution in [0.2, 0.25) is 0 Å². The molecule has 2 aromatic rings. The van der Waals surface area contributed by atoms with Crippen LogP contribution in [-0.2, 0) is 58.8 Å². The molecule has 1 heterocycles. The van der Waals surface area contributed by atoms with E-state index in [0.717, 1.165) is 16.3 Å². The number of esters is 3. The van der Waals surface area contributed by atoms with Gasteiger partial charge in [0.1, 0.15) is 35.5 Å². The standard InChI is InChI=1S/C48H73N3O13/c1-44(2,3)62-40(55)24-23-36(42(57)64-46(7,8)9)51-43(58)50-35(41(56)63-45(4,5)6)19-13-12-14-20-38(53)37(26-32-21-22-33-17-15-16-18-34(33)25-32)49-39(54)27-59-29-48(28-52)30-60-47(10,11)61-31-48/h15-18,21-22,25,35-37,52H,12-14,19-20,23-24,26-31H2,1-11H3,(H,49,54)(H2,50,51,58)/t35-,36-,37?/m0/s1. The maximum atomic E-state index is 13.8. The minimum absolute atomic E-state index is 0.00944. The third-order valence-electron chi connectivity index (χ3n) is 9.87. The Morgan fingerprint density at radius 1 is 0.688 bits per heavy atom. The first-order valence-electron chi connectivity index (χ1n) is 22.2. The molecule has 0 bridgehead atoms. The number of rotatable bonds is 22. The van der Waals surface area contributed by atoms with E-state index in [2.05, 4.69) is 16.0 Å². The van der Waals surface area contributed by atoms with Crippen LogP contribution >= 0.6 is 0 Å². The highest BCUT2D eigenvalue weighted by molar-refractivity contribution is 5.90. The lowest BCUT2D eigenvalue weighted by Gasteiger charge is -2.42. The number of urea groups is 1. The quantitative estimate of drug-likeness (QED) is 0.0607. The highest BCUT2D eigenvalue weighted by atomic mass is 16.7. The fourth-order valence-corrected chi connectivity index (χ4v) is 6.66. The van der Waals surface area contributed by atoms with E-state index in [0.29, 0.717) is 19.3 Å². The van der Waals surface area contributed by atoms with Crippen LogP contribution in [0.4, 0.5) is 4.79 Å². The summed E-state index contributed by atoms with van der Waals surface area (Å²) in [4.78, 5) is 79.4. The predicted octanol–water partition coefficient (Wildman–Crippen LogP) is 6.01. The first-order chi connectivity index (χ1) is 29.7. The number of benzene rings is 2. The molecule has 1 aliphatic rings. The van der Waals surface area contributed by atoms with E-state index in [-0.39, 0.29) is 70.9 Å². The molecule has 2 aromatic carbocycles. The predicted molar refractivity (Wildman–Crippen MR) is 240 cm³/mol. The summed E-state index contributed by atoms with van der Waals surface area (Å²) in [7, 11) is 0. The van der Waals surface area contributed by atoms with E-state index in [1.54, 1.807) is 76.2 Å². The summed E-state index contributed by atoms with van der Waals surface area (Å²) in [5.41, 5.74) is -2.45. The maximum Gasteiger partial charge on any atom is 0.329 e. The van der Waals surface area contributed by atoms with E-state index >= 15 is 0 Å². The number of amides is 3. The molecule has 0 aromatic heterocycles. The van der Waals surface area contributed by atoms with Gasteiger partial charge in [-0.3, -0.25) is 14.4 Å². The lowest BCUT2D eigenvalue weighted by atomic mass is 9.91. The Balaban J connectivity index is 1.65. The first-order valence-corrected chi connectivity index (χ1v) is 22.2. The Kier molecular flexibility index (Phi) is 19.7. The van der Waals surface area contributed by atoms with Crippen LogP contribution < -0.4 is 16.0 Å². The first kappa shape index (κ1) is 53.7. The van der Waals surface area contributed by atoms with E-state index < -0.39 is 76.0 Å². The van der Waals surface area contributed by atoms with Gasteiger partial charge >= 0.3 is 23.9 Å². The molecule has 1 aliphatic heterocycles. The van der Waals surface area contributed by atoms with Crippen LogP contribution in [0.3, 0.4) is 0 Å². The molecule has 64 heavy (non-hydrogen) atoms. The molecule has 3 atom stereocenters. The van der Waals surface area contributed by atoms with Gasteiger partial charge in [0.2, 0.25) is 5.91 Å². The van der Waals surface area contributed by atoms with Crippen molar-refractivity contribution in [1.29, 1.82) is 0 Å². The van der Waals surface area contributed by atoms with Crippen LogP contribution in [0.15, 0.2) is 42.5 Å². The summed E-state index contributed by atoms with van der Waals surface area (Å²) < 4.78 is 33.7. The highest BCUT2D eigenvalue weighted by Gasteiger charge is 2.40. The molecule has 0 aliphatic carbocycles. The number of nitrogens with one attached hydrogen (secondary N) is 3. The summed E-state index contributed by atoms with van der Waals surface area (Å²) in [6.07, 6.45) is 1.58. The van der Waals surface area contributed by atoms with E-state index in [9.17, 15) is 33.9 Å².